The molecule has 42 heavy (non-hydrogen) atoms. The van der Waals surface area contributed by atoms with Gasteiger partial charge in [0.2, 0.25) is 6.36 Å². The zero-order valence-corrected chi connectivity index (χ0v) is 31.6. The number of alkyl halides is 1. The number of hydrogen-bond donors (Lipinski definition) is 2. The summed E-state index contributed by atoms with van der Waals surface area (Å²) in [6, 6.07) is 5.65. The fourth-order valence-corrected chi connectivity index (χ4v) is 4.71. The van der Waals surface area contributed by atoms with Crippen molar-refractivity contribution in [3.63, 3.8) is 0 Å². The maximum Gasteiger partial charge on any atom is 1.00 e. The van der Waals surface area contributed by atoms with Crippen molar-refractivity contribution in [1.29, 1.82) is 0 Å². The summed E-state index contributed by atoms with van der Waals surface area (Å²) >= 11 is 1.47. The first-order chi connectivity index (χ1) is 19.3. The molecule has 0 radical (unpaired) electrons. The van der Waals surface area contributed by atoms with Crippen molar-refractivity contribution < 1.29 is 70.4 Å². The molecule has 1 aromatic heterocycles. The minimum Gasteiger partial charge on any atom is -0.483 e. The molecular weight excluding hydrogens is 575 g/mol. The second-order valence-corrected chi connectivity index (χ2v) is 12.9. The van der Waals surface area contributed by atoms with Crippen LogP contribution in [0, 0.1) is 50.9 Å². The summed E-state index contributed by atoms with van der Waals surface area (Å²) < 4.78 is 18.7. The summed E-state index contributed by atoms with van der Waals surface area (Å²) in [7, 11) is 2.03. The van der Waals surface area contributed by atoms with E-state index in [1.807, 2.05) is 26.1 Å². The Kier molecular flexibility index (Phi) is 25.8. The van der Waals surface area contributed by atoms with Crippen molar-refractivity contribution in [3.05, 3.63) is 55.6 Å². The fraction of sp³-hybridized carbons (Fsp3) is 0.618. The first kappa shape index (κ1) is 43.6. The van der Waals surface area contributed by atoms with Crippen LogP contribution in [0.3, 0.4) is 0 Å². The van der Waals surface area contributed by atoms with Gasteiger partial charge in [-0.1, -0.05) is 83.8 Å². The SMILES string of the molecule is CNCCC1CCC1.O=CO.[CH2-]C(CCC)CC([CH2-])C(C)(C)C.[CH2-]c1cnc(-c2cc(C)ccc2OC(F)CC)s1.[K+]. The van der Waals surface area contributed by atoms with Crippen molar-refractivity contribution in [2.24, 2.45) is 23.2 Å². The molecule has 0 aliphatic heterocycles. The number of aryl methyl sites for hydroxylation is 1. The Labute approximate surface area is 303 Å². The number of nitrogens with zero attached hydrogens (tertiary/aromatic N) is 1. The molecule has 1 aromatic carbocycles. The van der Waals surface area contributed by atoms with Gasteiger partial charge >= 0.3 is 51.4 Å². The van der Waals surface area contributed by atoms with Gasteiger partial charge in [0.25, 0.3) is 6.47 Å². The summed E-state index contributed by atoms with van der Waals surface area (Å²) in [5.41, 5.74) is 2.25. The van der Waals surface area contributed by atoms with Gasteiger partial charge in [-0.3, -0.25) is 4.79 Å². The normalized spacial score (nSPS) is 14.5. The summed E-state index contributed by atoms with van der Waals surface area (Å²) in [4.78, 5) is 13.5. The van der Waals surface area contributed by atoms with Crippen molar-refractivity contribution in [3.8, 4) is 16.3 Å². The Morgan fingerprint density at radius 3 is 2.31 bits per heavy atom. The number of ether oxygens (including phenoxy) is 1. The Bertz CT molecular complexity index is 947. The van der Waals surface area contributed by atoms with Crippen LogP contribution in [0.1, 0.15) is 96.4 Å². The smallest absolute Gasteiger partial charge is 0.483 e. The van der Waals surface area contributed by atoms with Gasteiger partial charge in [0.1, 0.15) is 10.8 Å². The molecular formula is C34H56FKN2O3S-2. The second-order valence-electron chi connectivity index (χ2n) is 11.8. The molecule has 0 amide bonds. The second kappa shape index (κ2) is 24.8. The van der Waals surface area contributed by atoms with Crippen molar-refractivity contribution in [2.75, 3.05) is 13.6 Å². The maximum atomic E-state index is 13.4. The first-order valence-electron chi connectivity index (χ1n) is 14.9. The van der Waals surface area contributed by atoms with E-state index in [2.05, 4.69) is 58.8 Å². The first-order valence-corrected chi connectivity index (χ1v) is 15.7. The van der Waals surface area contributed by atoms with Crippen molar-refractivity contribution in [2.45, 2.75) is 99.3 Å². The largest absolute Gasteiger partial charge is 1.00 e. The third kappa shape index (κ3) is 19.7. The van der Waals surface area contributed by atoms with Crippen LogP contribution < -0.4 is 61.4 Å². The summed E-state index contributed by atoms with van der Waals surface area (Å²) in [5, 5.41) is 10.9. The van der Waals surface area contributed by atoms with E-state index >= 15 is 0 Å². The van der Waals surface area contributed by atoms with Crippen LogP contribution in [0.5, 0.6) is 5.75 Å². The third-order valence-electron chi connectivity index (χ3n) is 7.06. The zero-order chi connectivity index (χ0) is 31.4. The molecule has 1 aliphatic rings. The molecule has 236 valence electrons. The molecule has 1 fully saturated rings. The molecule has 3 unspecified atom stereocenters. The number of halogens is 1. The number of carboxylic acid groups (broad SMARTS) is 1. The van der Waals surface area contributed by atoms with Crippen LogP contribution in [0.25, 0.3) is 10.6 Å². The standard InChI is InChI=1S/C14H15FNOS.C12H24.C7H15N.CH2O2.K/c1-4-13(15)17-12-6-5-9(2)7-11(12)14-16-8-10(3)18-14;1-7-8-10(2)9-11(3)12(4,5)6;1-8-6-5-7-3-2-4-7;2-1-3;/h5-8,13H,3-4H2,1-2H3;10-11H,2-3,7-9H2,1,4-6H3;7-8H,2-6H2,1H3;1H,(H,2,3);/q-1;-2;;;+1. The number of carbonyl (C=O) groups is 1. The van der Waals surface area contributed by atoms with Gasteiger partial charge in [-0.15, -0.1) is 17.5 Å². The van der Waals surface area contributed by atoms with Gasteiger partial charge in [0.15, 0.2) is 0 Å². The average Bonchev–Trinajstić information content (AvgIpc) is 3.31. The number of hydrogen-bond acceptors (Lipinski definition) is 5. The van der Waals surface area contributed by atoms with Crippen LogP contribution in [0.4, 0.5) is 4.39 Å². The van der Waals surface area contributed by atoms with Gasteiger partial charge in [-0.05, 0) is 45.0 Å². The summed E-state index contributed by atoms with van der Waals surface area (Å²) in [6.45, 7) is 25.8. The van der Waals surface area contributed by atoms with Crippen LogP contribution >= 0.6 is 11.3 Å². The van der Waals surface area contributed by atoms with E-state index in [1.165, 1.54) is 56.4 Å². The Morgan fingerprint density at radius 1 is 1.26 bits per heavy atom. The molecule has 2 aromatic rings. The van der Waals surface area contributed by atoms with Crippen molar-refractivity contribution >= 4 is 17.8 Å². The number of benzene rings is 1. The average molecular weight is 631 g/mol. The quantitative estimate of drug-likeness (QED) is 0.166. The number of nitrogens with one attached hydrogen (secondary N) is 1. The van der Waals surface area contributed by atoms with Gasteiger partial charge in [0, 0.05) is 6.42 Å². The number of thiazole rings is 1. The predicted molar refractivity (Wildman–Crippen MR) is 174 cm³/mol. The molecule has 5 nitrogen and oxygen atoms in total. The minimum atomic E-state index is -1.29. The van der Waals surface area contributed by atoms with Crippen LogP contribution in [-0.2, 0) is 4.79 Å². The third-order valence-corrected chi connectivity index (χ3v) is 7.95. The molecule has 0 bridgehead atoms. The molecule has 1 aliphatic carbocycles. The monoisotopic (exact) mass is 630 g/mol. The van der Waals surface area contributed by atoms with Gasteiger partial charge < -0.3 is 34.0 Å². The molecule has 1 saturated carbocycles. The Hall–Kier alpha value is -0.484. The summed E-state index contributed by atoms with van der Waals surface area (Å²) in [5.74, 6) is 2.73. The minimum absolute atomic E-state index is 0. The number of rotatable bonds is 11. The summed E-state index contributed by atoms with van der Waals surface area (Å²) in [6.07, 6.45) is 10.2. The molecule has 8 heteroatoms. The van der Waals surface area contributed by atoms with Crippen LogP contribution in [-0.4, -0.2) is 36.5 Å². The Morgan fingerprint density at radius 2 is 1.88 bits per heavy atom. The van der Waals surface area contributed by atoms with Gasteiger partial charge in [-0.2, -0.15) is 23.2 Å². The Balaban J connectivity index is 0. The van der Waals surface area contributed by atoms with Crippen LogP contribution in [0.15, 0.2) is 24.4 Å². The zero-order valence-electron chi connectivity index (χ0n) is 27.7. The maximum absolute atomic E-state index is 13.4. The topological polar surface area (TPSA) is 71.5 Å². The van der Waals surface area contributed by atoms with Crippen LogP contribution in [0.2, 0.25) is 0 Å². The van der Waals surface area contributed by atoms with E-state index in [4.69, 9.17) is 14.6 Å². The van der Waals surface area contributed by atoms with Gasteiger partial charge in [-0.25, -0.2) is 11.3 Å². The van der Waals surface area contributed by atoms with E-state index in [0.29, 0.717) is 29.4 Å². The molecule has 1 heterocycles. The molecule has 0 spiro atoms. The van der Waals surface area contributed by atoms with E-state index in [9.17, 15) is 4.39 Å². The van der Waals surface area contributed by atoms with E-state index in [-0.39, 0.29) is 57.9 Å². The molecule has 2 N–H and O–H groups in total. The fourth-order valence-electron chi connectivity index (χ4n) is 3.98. The number of aromatic nitrogens is 1. The molecule has 0 saturated heterocycles. The predicted octanol–water partition coefficient (Wildman–Crippen LogP) is 6.61. The van der Waals surface area contributed by atoms with Crippen molar-refractivity contribution in [1.82, 2.24) is 10.3 Å². The van der Waals surface area contributed by atoms with E-state index < -0.39 is 6.36 Å². The van der Waals surface area contributed by atoms with Gasteiger partial charge in [0.05, 0.1) is 5.56 Å². The molecule has 3 atom stereocenters. The van der Waals surface area contributed by atoms with E-state index in [1.54, 1.807) is 19.2 Å². The van der Waals surface area contributed by atoms with E-state index in [0.717, 1.165) is 33.4 Å². The molecule has 3 rings (SSSR count).